The fourth-order valence-corrected chi connectivity index (χ4v) is 2.47. The lowest BCUT2D eigenvalue weighted by Gasteiger charge is -2.27. The van der Waals surface area contributed by atoms with Crippen LogP contribution in [-0.2, 0) is 9.53 Å². The molecule has 5 nitrogen and oxygen atoms in total. The zero-order chi connectivity index (χ0) is 15.6. The van der Waals surface area contributed by atoms with E-state index in [-0.39, 0.29) is 11.9 Å². The molecule has 0 unspecified atom stereocenters. The molecule has 0 N–H and O–H groups in total. The number of aryl methyl sites for hydroxylation is 1. The van der Waals surface area contributed by atoms with Crippen LogP contribution in [0, 0.1) is 6.92 Å². The van der Waals surface area contributed by atoms with Crippen LogP contribution in [0.25, 0.3) is 0 Å². The van der Waals surface area contributed by atoms with Gasteiger partial charge >= 0.3 is 5.97 Å². The summed E-state index contributed by atoms with van der Waals surface area (Å²) >= 11 is 0. The highest BCUT2D eigenvalue weighted by atomic mass is 16.6. The number of esters is 1. The van der Waals surface area contributed by atoms with Gasteiger partial charge in [0.15, 0.2) is 0 Å². The molecule has 1 aromatic rings. The van der Waals surface area contributed by atoms with Gasteiger partial charge in [-0.1, -0.05) is 6.07 Å². The van der Waals surface area contributed by atoms with Crippen LogP contribution in [0.1, 0.15) is 49.7 Å². The number of carbonyl (C=O) groups excluding carboxylic acids is 2. The van der Waals surface area contributed by atoms with E-state index in [0.717, 1.165) is 12.0 Å². The van der Waals surface area contributed by atoms with Crippen molar-refractivity contribution in [2.45, 2.75) is 52.2 Å². The minimum Gasteiger partial charge on any atom is -0.458 e. The zero-order valence-electron chi connectivity index (χ0n) is 13.0. The van der Waals surface area contributed by atoms with Gasteiger partial charge in [0.25, 0.3) is 5.91 Å². The van der Waals surface area contributed by atoms with Gasteiger partial charge in [0.1, 0.15) is 17.3 Å². The number of rotatable bonds is 2. The molecule has 114 valence electrons. The summed E-state index contributed by atoms with van der Waals surface area (Å²) in [6.07, 6.45) is 3.05. The first kappa shape index (κ1) is 15.5. The monoisotopic (exact) mass is 290 g/mol. The number of nitrogens with zero attached hydrogens (tertiary/aromatic N) is 2. The number of hydrogen-bond acceptors (Lipinski definition) is 4. The molecular weight excluding hydrogens is 268 g/mol. The summed E-state index contributed by atoms with van der Waals surface area (Å²) in [4.78, 5) is 30.6. The topological polar surface area (TPSA) is 59.5 Å². The minimum absolute atomic E-state index is 0.193. The van der Waals surface area contributed by atoms with Crippen molar-refractivity contribution < 1.29 is 14.3 Å². The van der Waals surface area contributed by atoms with E-state index in [1.807, 2.05) is 33.8 Å². The minimum atomic E-state index is -0.546. The van der Waals surface area contributed by atoms with Crippen LogP contribution in [0.3, 0.4) is 0 Å². The maximum Gasteiger partial charge on any atom is 0.329 e. The number of hydrogen-bond donors (Lipinski definition) is 0. The summed E-state index contributed by atoms with van der Waals surface area (Å²) in [6, 6.07) is 3.14. The van der Waals surface area contributed by atoms with Gasteiger partial charge in [0.2, 0.25) is 0 Å². The van der Waals surface area contributed by atoms with Gasteiger partial charge in [0, 0.05) is 12.7 Å². The fraction of sp³-hybridized carbons (Fsp3) is 0.562. The Hall–Kier alpha value is -1.91. The smallest absolute Gasteiger partial charge is 0.329 e. The number of carbonyl (C=O) groups is 2. The number of pyridine rings is 1. The number of amides is 1. The first-order chi connectivity index (χ1) is 9.79. The maximum absolute atomic E-state index is 12.6. The van der Waals surface area contributed by atoms with Crippen molar-refractivity contribution in [2.75, 3.05) is 6.54 Å². The molecule has 1 amide bonds. The van der Waals surface area contributed by atoms with Crippen molar-refractivity contribution in [3.63, 3.8) is 0 Å². The second-order valence-electron chi connectivity index (χ2n) is 6.36. The molecule has 1 saturated heterocycles. The molecule has 0 saturated carbocycles. The molecule has 2 rings (SSSR count). The van der Waals surface area contributed by atoms with Gasteiger partial charge in [-0.15, -0.1) is 0 Å². The highest BCUT2D eigenvalue weighted by Gasteiger charge is 2.37. The third-order valence-electron chi connectivity index (χ3n) is 3.40. The Kier molecular flexibility index (Phi) is 4.30. The van der Waals surface area contributed by atoms with E-state index < -0.39 is 11.6 Å². The van der Waals surface area contributed by atoms with Gasteiger partial charge < -0.3 is 9.64 Å². The first-order valence-corrected chi connectivity index (χ1v) is 7.25. The summed E-state index contributed by atoms with van der Waals surface area (Å²) in [6.45, 7) is 7.90. The van der Waals surface area contributed by atoms with E-state index in [4.69, 9.17) is 4.74 Å². The highest BCUT2D eigenvalue weighted by molar-refractivity contribution is 5.96. The summed E-state index contributed by atoms with van der Waals surface area (Å²) in [5.41, 5.74) is 0.681. The Bertz CT molecular complexity index is 549. The lowest BCUT2D eigenvalue weighted by Crippen LogP contribution is -2.44. The molecule has 1 aliphatic rings. The summed E-state index contributed by atoms with van der Waals surface area (Å²) in [7, 11) is 0. The van der Waals surface area contributed by atoms with Gasteiger partial charge in [-0.25, -0.2) is 4.79 Å². The molecule has 1 atom stereocenters. The predicted octanol–water partition coefficient (Wildman–Crippen LogP) is 2.34. The van der Waals surface area contributed by atoms with Crippen LogP contribution in [0.5, 0.6) is 0 Å². The van der Waals surface area contributed by atoms with Crippen LogP contribution in [0.4, 0.5) is 0 Å². The first-order valence-electron chi connectivity index (χ1n) is 7.25. The molecule has 0 aromatic carbocycles. The van der Waals surface area contributed by atoms with E-state index in [0.29, 0.717) is 18.7 Å². The summed E-state index contributed by atoms with van der Waals surface area (Å²) in [5, 5.41) is 0. The largest absolute Gasteiger partial charge is 0.458 e. The van der Waals surface area contributed by atoms with E-state index >= 15 is 0 Å². The van der Waals surface area contributed by atoms with Gasteiger partial charge in [-0.2, -0.15) is 0 Å². The Morgan fingerprint density at radius 2 is 2.10 bits per heavy atom. The molecule has 1 aromatic heterocycles. The van der Waals surface area contributed by atoms with Crippen LogP contribution in [-0.4, -0.2) is 39.9 Å². The average Bonchev–Trinajstić information content (AvgIpc) is 2.85. The van der Waals surface area contributed by atoms with E-state index in [2.05, 4.69) is 4.98 Å². The standard InChI is InChI=1S/C16H22N2O3/c1-11-7-5-9-17-13(11)14(19)18-10-6-8-12(18)15(20)21-16(2,3)4/h5,7,9,12H,6,8,10H2,1-4H3/t12-/m0/s1. The predicted molar refractivity (Wildman–Crippen MR) is 78.9 cm³/mol. The van der Waals surface area contributed by atoms with E-state index in [1.165, 1.54) is 0 Å². The van der Waals surface area contributed by atoms with Crippen molar-refractivity contribution >= 4 is 11.9 Å². The van der Waals surface area contributed by atoms with Crippen molar-refractivity contribution in [1.29, 1.82) is 0 Å². The number of likely N-dealkylation sites (tertiary alicyclic amines) is 1. The Balaban J connectivity index is 2.17. The molecule has 0 radical (unpaired) electrons. The van der Waals surface area contributed by atoms with E-state index in [9.17, 15) is 9.59 Å². The SMILES string of the molecule is Cc1cccnc1C(=O)N1CCC[C@H]1C(=O)OC(C)(C)C. The molecule has 1 aliphatic heterocycles. The maximum atomic E-state index is 12.6. The van der Waals surface area contributed by atoms with Crippen LogP contribution >= 0.6 is 0 Å². The van der Waals surface area contributed by atoms with Crippen molar-refractivity contribution in [1.82, 2.24) is 9.88 Å². The molecule has 5 heteroatoms. The molecule has 0 spiro atoms. The normalized spacial score (nSPS) is 18.7. The Labute approximate surface area is 125 Å². The van der Waals surface area contributed by atoms with Gasteiger partial charge in [-0.3, -0.25) is 9.78 Å². The third kappa shape index (κ3) is 3.60. The fourth-order valence-electron chi connectivity index (χ4n) is 2.47. The van der Waals surface area contributed by atoms with Crippen LogP contribution in [0.15, 0.2) is 18.3 Å². The second-order valence-corrected chi connectivity index (χ2v) is 6.36. The summed E-state index contributed by atoms with van der Waals surface area (Å²) < 4.78 is 5.41. The molecule has 0 bridgehead atoms. The van der Waals surface area contributed by atoms with Crippen LogP contribution < -0.4 is 0 Å². The Morgan fingerprint density at radius 3 is 2.71 bits per heavy atom. The second kappa shape index (κ2) is 5.84. The highest BCUT2D eigenvalue weighted by Crippen LogP contribution is 2.23. The van der Waals surface area contributed by atoms with Crippen molar-refractivity contribution in [2.24, 2.45) is 0 Å². The van der Waals surface area contributed by atoms with Crippen molar-refractivity contribution in [3.8, 4) is 0 Å². The average molecular weight is 290 g/mol. The molecule has 1 fully saturated rings. The lowest BCUT2D eigenvalue weighted by molar-refractivity contribution is -0.159. The summed E-state index contributed by atoms with van der Waals surface area (Å²) in [5.74, 6) is -0.525. The van der Waals surface area contributed by atoms with Gasteiger partial charge in [0.05, 0.1) is 0 Å². The number of ether oxygens (including phenoxy) is 1. The zero-order valence-corrected chi connectivity index (χ0v) is 13.0. The Morgan fingerprint density at radius 1 is 1.38 bits per heavy atom. The molecule has 0 aliphatic carbocycles. The number of aromatic nitrogens is 1. The van der Waals surface area contributed by atoms with Crippen LogP contribution in [0.2, 0.25) is 0 Å². The van der Waals surface area contributed by atoms with Crippen molar-refractivity contribution in [3.05, 3.63) is 29.6 Å². The molecular formula is C16H22N2O3. The van der Waals surface area contributed by atoms with E-state index in [1.54, 1.807) is 17.2 Å². The molecule has 21 heavy (non-hydrogen) atoms. The van der Waals surface area contributed by atoms with Gasteiger partial charge in [-0.05, 0) is 52.2 Å². The lowest BCUT2D eigenvalue weighted by atomic mass is 10.1. The quantitative estimate of drug-likeness (QED) is 0.784. The molecule has 2 heterocycles. The third-order valence-corrected chi connectivity index (χ3v) is 3.40.